The van der Waals surface area contributed by atoms with E-state index in [0.29, 0.717) is 17.9 Å². The topological polar surface area (TPSA) is 112 Å². The number of carbonyl (C=O) groups excluding carboxylic acids is 3. The molecular weight excluding hydrogens is 380 g/mol. The van der Waals surface area contributed by atoms with E-state index in [9.17, 15) is 14.4 Å². The summed E-state index contributed by atoms with van der Waals surface area (Å²) in [5.41, 5.74) is 5.24. The molecule has 0 aliphatic carbocycles. The summed E-state index contributed by atoms with van der Waals surface area (Å²) < 4.78 is 20.3. The molecule has 2 N–H and O–H groups in total. The number of hydrazine groups is 1. The standard InChI is InChI=1S/C20H22N2O7/c1-4-28-15-8-5-13(6-9-15)19(24)21-22-20(25)14-7-10-16(17(11-14)26-2)29-12-18(23)27-3/h5-11H,4,12H2,1-3H3,(H,21,24)(H,22,25). The van der Waals surface area contributed by atoms with Gasteiger partial charge in [-0.2, -0.15) is 0 Å². The van der Waals surface area contributed by atoms with Gasteiger partial charge in [0.2, 0.25) is 0 Å². The van der Waals surface area contributed by atoms with Crippen LogP contribution in [0.1, 0.15) is 27.6 Å². The first kappa shape index (κ1) is 21.5. The van der Waals surface area contributed by atoms with Crippen LogP contribution in [-0.2, 0) is 9.53 Å². The Labute approximate surface area is 167 Å². The maximum atomic E-state index is 12.3. The number of methoxy groups -OCH3 is 2. The molecule has 0 aliphatic rings. The summed E-state index contributed by atoms with van der Waals surface area (Å²) in [5, 5.41) is 0. The fourth-order valence-corrected chi connectivity index (χ4v) is 2.25. The van der Waals surface area contributed by atoms with Crippen LogP contribution < -0.4 is 25.1 Å². The van der Waals surface area contributed by atoms with Crippen molar-refractivity contribution in [1.82, 2.24) is 10.9 Å². The van der Waals surface area contributed by atoms with E-state index in [-0.39, 0.29) is 23.7 Å². The third kappa shape index (κ3) is 6.13. The highest BCUT2D eigenvalue weighted by atomic mass is 16.6. The fourth-order valence-electron chi connectivity index (χ4n) is 2.25. The molecule has 0 spiro atoms. The first-order valence-electron chi connectivity index (χ1n) is 8.69. The molecule has 2 aromatic carbocycles. The number of hydrogen-bond acceptors (Lipinski definition) is 7. The zero-order valence-electron chi connectivity index (χ0n) is 16.3. The van der Waals surface area contributed by atoms with Crippen molar-refractivity contribution in [2.24, 2.45) is 0 Å². The normalized spacial score (nSPS) is 9.90. The van der Waals surface area contributed by atoms with Gasteiger partial charge in [0, 0.05) is 11.1 Å². The quantitative estimate of drug-likeness (QED) is 0.511. The SMILES string of the molecule is CCOc1ccc(C(=O)NNC(=O)c2ccc(OCC(=O)OC)c(OC)c2)cc1. The number of carbonyl (C=O) groups is 3. The van der Waals surface area contributed by atoms with Crippen LogP contribution in [0.2, 0.25) is 0 Å². The number of esters is 1. The van der Waals surface area contributed by atoms with Gasteiger partial charge in [-0.15, -0.1) is 0 Å². The summed E-state index contributed by atoms with van der Waals surface area (Å²) in [7, 11) is 2.65. The number of amides is 2. The van der Waals surface area contributed by atoms with Crippen molar-refractivity contribution in [2.75, 3.05) is 27.4 Å². The second-order valence-corrected chi connectivity index (χ2v) is 5.60. The van der Waals surface area contributed by atoms with E-state index in [2.05, 4.69) is 15.6 Å². The van der Waals surface area contributed by atoms with Crippen molar-refractivity contribution in [2.45, 2.75) is 6.92 Å². The predicted octanol–water partition coefficient (Wildman–Crippen LogP) is 1.72. The summed E-state index contributed by atoms with van der Waals surface area (Å²) in [6.45, 7) is 2.09. The maximum absolute atomic E-state index is 12.3. The molecule has 0 unspecified atom stereocenters. The van der Waals surface area contributed by atoms with Gasteiger partial charge in [-0.1, -0.05) is 0 Å². The van der Waals surface area contributed by atoms with E-state index in [0.717, 1.165) is 0 Å². The number of rotatable bonds is 8. The third-order valence-electron chi connectivity index (χ3n) is 3.72. The number of hydrogen-bond donors (Lipinski definition) is 2. The van der Waals surface area contributed by atoms with Crippen molar-refractivity contribution in [3.63, 3.8) is 0 Å². The van der Waals surface area contributed by atoms with Gasteiger partial charge in [-0.05, 0) is 49.4 Å². The molecule has 0 radical (unpaired) electrons. The average molecular weight is 402 g/mol. The summed E-state index contributed by atoms with van der Waals surface area (Å²) >= 11 is 0. The van der Waals surface area contributed by atoms with Crippen LogP contribution in [0.4, 0.5) is 0 Å². The lowest BCUT2D eigenvalue weighted by Gasteiger charge is -2.12. The van der Waals surface area contributed by atoms with Crippen molar-refractivity contribution in [3.05, 3.63) is 53.6 Å². The highest BCUT2D eigenvalue weighted by molar-refractivity contribution is 5.99. The molecule has 0 heterocycles. The van der Waals surface area contributed by atoms with Crippen LogP contribution in [0.25, 0.3) is 0 Å². The monoisotopic (exact) mass is 402 g/mol. The fraction of sp³-hybridized carbons (Fsp3) is 0.250. The highest BCUT2D eigenvalue weighted by Crippen LogP contribution is 2.28. The van der Waals surface area contributed by atoms with Gasteiger partial charge in [0.05, 0.1) is 20.8 Å². The minimum absolute atomic E-state index is 0.222. The van der Waals surface area contributed by atoms with Gasteiger partial charge in [0.25, 0.3) is 11.8 Å². The van der Waals surface area contributed by atoms with Gasteiger partial charge in [0.15, 0.2) is 18.1 Å². The summed E-state index contributed by atoms with van der Waals surface area (Å²) in [4.78, 5) is 35.6. The molecule has 0 fully saturated rings. The van der Waals surface area contributed by atoms with Gasteiger partial charge in [-0.3, -0.25) is 20.4 Å². The number of benzene rings is 2. The molecule has 9 heteroatoms. The van der Waals surface area contributed by atoms with Crippen LogP contribution >= 0.6 is 0 Å². The van der Waals surface area contributed by atoms with Crippen molar-refractivity contribution < 1.29 is 33.3 Å². The van der Waals surface area contributed by atoms with E-state index in [1.807, 2.05) is 6.92 Å². The number of ether oxygens (including phenoxy) is 4. The van der Waals surface area contributed by atoms with Crippen molar-refractivity contribution in [1.29, 1.82) is 0 Å². The Morgan fingerprint density at radius 2 is 1.45 bits per heavy atom. The van der Waals surface area contributed by atoms with E-state index < -0.39 is 17.8 Å². The van der Waals surface area contributed by atoms with Crippen LogP contribution in [0.15, 0.2) is 42.5 Å². The van der Waals surface area contributed by atoms with E-state index in [1.165, 1.54) is 32.4 Å². The maximum Gasteiger partial charge on any atom is 0.343 e. The van der Waals surface area contributed by atoms with E-state index in [4.69, 9.17) is 14.2 Å². The predicted molar refractivity (Wildman–Crippen MR) is 103 cm³/mol. The van der Waals surface area contributed by atoms with Gasteiger partial charge >= 0.3 is 5.97 Å². The summed E-state index contributed by atoms with van der Waals surface area (Å²) in [6.07, 6.45) is 0. The first-order chi connectivity index (χ1) is 14.0. The second-order valence-electron chi connectivity index (χ2n) is 5.60. The zero-order chi connectivity index (χ0) is 21.2. The molecule has 0 aliphatic heterocycles. The summed E-state index contributed by atoms with van der Waals surface area (Å²) in [5.74, 6) is -0.415. The third-order valence-corrected chi connectivity index (χ3v) is 3.72. The molecule has 0 saturated heterocycles. The largest absolute Gasteiger partial charge is 0.494 e. The lowest BCUT2D eigenvalue weighted by atomic mass is 10.2. The Kier molecular flexibility index (Phi) is 7.84. The minimum Gasteiger partial charge on any atom is -0.494 e. The van der Waals surface area contributed by atoms with Crippen molar-refractivity contribution in [3.8, 4) is 17.2 Å². The Morgan fingerprint density at radius 1 is 0.828 bits per heavy atom. The molecule has 2 amide bonds. The molecule has 0 bridgehead atoms. The molecule has 154 valence electrons. The first-order valence-corrected chi connectivity index (χ1v) is 8.69. The Bertz CT molecular complexity index is 866. The average Bonchev–Trinajstić information content (AvgIpc) is 2.76. The molecule has 2 aromatic rings. The summed E-state index contributed by atoms with van der Waals surface area (Å²) in [6, 6.07) is 10.9. The van der Waals surface area contributed by atoms with Crippen molar-refractivity contribution >= 4 is 17.8 Å². The molecule has 0 saturated carbocycles. The van der Waals surface area contributed by atoms with E-state index in [1.54, 1.807) is 24.3 Å². The Balaban J connectivity index is 1.97. The highest BCUT2D eigenvalue weighted by Gasteiger charge is 2.14. The lowest BCUT2D eigenvalue weighted by molar-refractivity contribution is -0.142. The molecule has 29 heavy (non-hydrogen) atoms. The number of nitrogens with one attached hydrogen (secondary N) is 2. The van der Waals surface area contributed by atoms with E-state index >= 15 is 0 Å². The molecule has 2 rings (SSSR count). The zero-order valence-corrected chi connectivity index (χ0v) is 16.3. The molecule has 0 atom stereocenters. The Hall–Kier alpha value is -3.75. The molecular formula is C20H22N2O7. The van der Waals surface area contributed by atoms with Crippen LogP contribution in [-0.4, -0.2) is 45.2 Å². The minimum atomic E-state index is -0.554. The van der Waals surface area contributed by atoms with Gasteiger partial charge in [-0.25, -0.2) is 4.79 Å². The second kappa shape index (κ2) is 10.5. The van der Waals surface area contributed by atoms with Crippen LogP contribution in [0.5, 0.6) is 17.2 Å². The smallest absolute Gasteiger partial charge is 0.343 e. The van der Waals surface area contributed by atoms with Crippen LogP contribution in [0, 0.1) is 0 Å². The lowest BCUT2D eigenvalue weighted by Crippen LogP contribution is -2.41. The Morgan fingerprint density at radius 3 is 2.03 bits per heavy atom. The van der Waals surface area contributed by atoms with Crippen LogP contribution in [0.3, 0.4) is 0 Å². The van der Waals surface area contributed by atoms with Gasteiger partial charge < -0.3 is 18.9 Å². The molecule has 9 nitrogen and oxygen atoms in total. The van der Waals surface area contributed by atoms with Gasteiger partial charge in [0.1, 0.15) is 5.75 Å². The molecule has 0 aromatic heterocycles.